The van der Waals surface area contributed by atoms with E-state index in [0.29, 0.717) is 12.0 Å². The maximum absolute atomic E-state index is 10.9. The smallest absolute Gasteiger partial charge is 0.0882 e. The number of rotatable bonds is 3. The predicted octanol–water partition coefficient (Wildman–Crippen LogP) is 5.21. The van der Waals surface area contributed by atoms with Gasteiger partial charge in [-0.1, -0.05) is 19.1 Å². The number of fused-ring (bicyclic) bond motifs is 5. The molecule has 0 bridgehead atoms. The lowest BCUT2D eigenvalue weighted by Crippen LogP contribution is -2.51. The van der Waals surface area contributed by atoms with Crippen molar-refractivity contribution in [2.45, 2.75) is 77.2 Å². The van der Waals surface area contributed by atoms with Crippen LogP contribution in [0.2, 0.25) is 0 Å². The third-order valence-corrected chi connectivity index (χ3v) is 9.11. The summed E-state index contributed by atoms with van der Waals surface area (Å²) in [5.41, 5.74) is 1.40. The largest absolute Gasteiger partial charge is 0.387 e. The summed E-state index contributed by atoms with van der Waals surface area (Å²) >= 11 is 0. The van der Waals surface area contributed by atoms with E-state index in [4.69, 9.17) is 4.74 Å². The van der Waals surface area contributed by atoms with Crippen LogP contribution in [0.4, 0.5) is 0 Å². The van der Waals surface area contributed by atoms with Gasteiger partial charge < -0.3 is 9.84 Å². The monoisotopic (exact) mass is 346 g/mol. The summed E-state index contributed by atoms with van der Waals surface area (Å²) in [5, 5.41) is 10.9. The Hall–Kier alpha value is -0.340. The maximum Gasteiger partial charge on any atom is 0.0882 e. The van der Waals surface area contributed by atoms with E-state index in [1.54, 1.807) is 7.11 Å². The summed E-state index contributed by atoms with van der Waals surface area (Å²) < 4.78 is 5.32. The van der Waals surface area contributed by atoms with Crippen LogP contribution in [0.3, 0.4) is 0 Å². The molecule has 0 unspecified atom stereocenters. The molecule has 142 valence electrons. The molecule has 1 N–H and O–H groups in total. The van der Waals surface area contributed by atoms with Crippen LogP contribution in [-0.2, 0) is 4.74 Å². The molecule has 0 aromatic carbocycles. The first-order valence-electron chi connectivity index (χ1n) is 10.7. The van der Waals surface area contributed by atoms with Gasteiger partial charge in [-0.25, -0.2) is 0 Å². The van der Waals surface area contributed by atoms with Gasteiger partial charge in [0.25, 0.3) is 0 Å². The molecule has 4 fully saturated rings. The highest BCUT2D eigenvalue weighted by Crippen LogP contribution is 2.65. The van der Waals surface area contributed by atoms with Crippen LogP contribution in [0.5, 0.6) is 0 Å². The molecule has 25 heavy (non-hydrogen) atoms. The van der Waals surface area contributed by atoms with Crippen molar-refractivity contribution in [2.75, 3.05) is 13.7 Å². The summed E-state index contributed by atoms with van der Waals surface area (Å²) in [6, 6.07) is 0. The fourth-order valence-corrected chi connectivity index (χ4v) is 8.17. The first-order valence-corrected chi connectivity index (χ1v) is 10.7. The van der Waals surface area contributed by atoms with Crippen LogP contribution in [0, 0.1) is 40.9 Å². The van der Waals surface area contributed by atoms with Gasteiger partial charge in [0.2, 0.25) is 0 Å². The molecule has 0 heterocycles. The lowest BCUT2D eigenvalue weighted by Gasteiger charge is -2.57. The van der Waals surface area contributed by atoms with Gasteiger partial charge in [0, 0.05) is 7.11 Å². The van der Waals surface area contributed by atoms with Gasteiger partial charge in [-0.3, -0.25) is 0 Å². The van der Waals surface area contributed by atoms with Crippen LogP contribution >= 0.6 is 0 Å². The van der Waals surface area contributed by atoms with Gasteiger partial charge in [-0.15, -0.1) is 0 Å². The first kappa shape index (κ1) is 18.0. The minimum atomic E-state index is -0.551. The standard InChI is InChI=1S/C23H38O2/c1-15(2)20-7-8-21-19-6-5-16-13-23(24,14-25-4)12-10-17(16)18(19)9-11-22(20,21)3/h16-21,24H,1,5-14H2,2-4H3/t16-,17-,18+,19+,20+,21-,22+,23-/m0/s1. The third-order valence-electron chi connectivity index (χ3n) is 9.11. The van der Waals surface area contributed by atoms with E-state index in [1.807, 2.05) is 0 Å². The molecule has 0 spiro atoms. The van der Waals surface area contributed by atoms with Crippen molar-refractivity contribution >= 4 is 0 Å². The van der Waals surface area contributed by atoms with Crippen LogP contribution in [0.25, 0.3) is 0 Å². The SMILES string of the molecule is C=C(C)[C@H]1CC[C@H]2[C@@H]3CC[C@H]4C[C@](O)(COC)CC[C@@H]4[C@H]3CC[C@]12C. The van der Waals surface area contributed by atoms with E-state index < -0.39 is 5.60 Å². The molecule has 0 aromatic rings. The van der Waals surface area contributed by atoms with Gasteiger partial charge in [0.15, 0.2) is 0 Å². The van der Waals surface area contributed by atoms with Crippen molar-refractivity contribution in [1.29, 1.82) is 0 Å². The van der Waals surface area contributed by atoms with Crippen molar-refractivity contribution in [3.05, 3.63) is 12.2 Å². The van der Waals surface area contributed by atoms with Crippen LogP contribution in [0.1, 0.15) is 71.6 Å². The minimum Gasteiger partial charge on any atom is -0.387 e. The lowest BCUT2D eigenvalue weighted by molar-refractivity contribution is -0.123. The van der Waals surface area contributed by atoms with Crippen LogP contribution < -0.4 is 0 Å². The normalized spacial score (nSPS) is 52.2. The Labute approximate surface area is 154 Å². The summed E-state index contributed by atoms with van der Waals surface area (Å²) in [5.74, 6) is 5.15. The molecule has 4 aliphatic carbocycles. The zero-order chi connectivity index (χ0) is 17.8. The van der Waals surface area contributed by atoms with Gasteiger partial charge in [0.1, 0.15) is 0 Å². The molecule has 4 saturated carbocycles. The Bertz CT molecular complexity index is 528. The van der Waals surface area contributed by atoms with E-state index in [1.165, 1.54) is 50.5 Å². The Morgan fingerprint density at radius 1 is 1.04 bits per heavy atom. The highest BCUT2D eigenvalue weighted by atomic mass is 16.5. The Kier molecular flexibility index (Phi) is 4.60. The lowest BCUT2D eigenvalue weighted by atomic mass is 9.49. The van der Waals surface area contributed by atoms with E-state index in [0.717, 1.165) is 48.3 Å². The zero-order valence-electron chi connectivity index (χ0n) is 16.6. The van der Waals surface area contributed by atoms with Crippen LogP contribution in [0.15, 0.2) is 12.2 Å². The molecular weight excluding hydrogens is 308 g/mol. The fraction of sp³-hybridized carbons (Fsp3) is 0.913. The van der Waals surface area contributed by atoms with Gasteiger partial charge in [-0.2, -0.15) is 0 Å². The van der Waals surface area contributed by atoms with Crippen molar-refractivity contribution in [3.8, 4) is 0 Å². The summed E-state index contributed by atoms with van der Waals surface area (Å²) in [6.07, 6.45) is 11.5. The minimum absolute atomic E-state index is 0.519. The van der Waals surface area contributed by atoms with Gasteiger partial charge in [-0.05, 0) is 106 Å². The number of ether oxygens (including phenoxy) is 1. The molecule has 0 aromatic heterocycles. The first-order chi connectivity index (χ1) is 11.9. The number of aliphatic hydroxyl groups is 1. The molecule has 4 rings (SSSR count). The molecule has 0 aliphatic heterocycles. The second kappa shape index (κ2) is 6.37. The van der Waals surface area contributed by atoms with Crippen molar-refractivity contribution in [2.24, 2.45) is 40.9 Å². The van der Waals surface area contributed by atoms with E-state index >= 15 is 0 Å². The molecule has 8 atom stereocenters. The number of hydrogen-bond acceptors (Lipinski definition) is 2. The van der Waals surface area contributed by atoms with Crippen LogP contribution in [-0.4, -0.2) is 24.4 Å². The van der Waals surface area contributed by atoms with E-state index in [2.05, 4.69) is 20.4 Å². The quantitative estimate of drug-likeness (QED) is 0.711. The van der Waals surface area contributed by atoms with Crippen molar-refractivity contribution in [3.63, 3.8) is 0 Å². The van der Waals surface area contributed by atoms with Crippen molar-refractivity contribution in [1.82, 2.24) is 0 Å². The fourth-order valence-electron chi connectivity index (χ4n) is 8.17. The van der Waals surface area contributed by atoms with Gasteiger partial charge >= 0.3 is 0 Å². The molecule has 0 radical (unpaired) electrons. The average molecular weight is 347 g/mol. The Morgan fingerprint density at radius 3 is 2.52 bits per heavy atom. The molecule has 0 amide bonds. The second-order valence-electron chi connectivity index (χ2n) is 10.4. The molecule has 0 saturated heterocycles. The Balaban J connectivity index is 1.51. The highest BCUT2D eigenvalue weighted by molar-refractivity contribution is 5.14. The molecule has 4 aliphatic rings. The second-order valence-corrected chi connectivity index (χ2v) is 10.4. The number of methoxy groups -OCH3 is 1. The molecular formula is C23H38O2. The number of hydrogen-bond donors (Lipinski definition) is 1. The number of allylic oxidation sites excluding steroid dienone is 1. The molecule has 2 heteroatoms. The summed E-state index contributed by atoms with van der Waals surface area (Å²) in [4.78, 5) is 0. The average Bonchev–Trinajstić information content (AvgIpc) is 2.91. The van der Waals surface area contributed by atoms with Gasteiger partial charge in [0.05, 0.1) is 12.2 Å². The predicted molar refractivity (Wildman–Crippen MR) is 102 cm³/mol. The highest BCUT2D eigenvalue weighted by Gasteiger charge is 2.57. The van der Waals surface area contributed by atoms with E-state index in [9.17, 15) is 5.11 Å². The van der Waals surface area contributed by atoms with E-state index in [-0.39, 0.29) is 0 Å². The summed E-state index contributed by atoms with van der Waals surface area (Å²) in [7, 11) is 1.72. The summed E-state index contributed by atoms with van der Waals surface area (Å²) in [6.45, 7) is 9.71. The topological polar surface area (TPSA) is 29.5 Å². The molecule has 2 nitrogen and oxygen atoms in total. The zero-order valence-corrected chi connectivity index (χ0v) is 16.6. The Morgan fingerprint density at radius 2 is 1.80 bits per heavy atom. The third kappa shape index (κ3) is 2.83. The maximum atomic E-state index is 10.9. The van der Waals surface area contributed by atoms with Crippen molar-refractivity contribution < 1.29 is 9.84 Å².